The van der Waals surface area contributed by atoms with Gasteiger partial charge in [-0.05, 0) is 36.8 Å². The summed E-state index contributed by atoms with van der Waals surface area (Å²) < 4.78 is 26.5. The molecule has 6 nitrogen and oxygen atoms in total. The third kappa shape index (κ3) is 3.33. The molecular formula is C19H23FN2O4. The molecule has 2 saturated heterocycles. The number of hydrogen-bond acceptors (Lipinski definition) is 5. The van der Waals surface area contributed by atoms with Gasteiger partial charge in [-0.15, -0.1) is 0 Å². The molecule has 26 heavy (non-hydrogen) atoms. The molecule has 1 spiro atoms. The van der Waals surface area contributed by atoms with Crippen LogP contribution in [-0.4, -0.2) is 36.9 Å². The Morgan fingerprint density at radius 2 is 1.85 bits per heavy atom. The van der Waals surface area contributed by atoms with Crippen LogP contribution in [0.1, 0.15) is 50.0 Å². The summed E-state index contributed by atoms with van der Waals surface area (Å²) in [6.45, 7) is 1.26. The maximum Gasteiger partial charge on any atom is 0.249 e. The first-order valence-corrected chi connectivity index (χ1v) is 9.23. The highest BCUT2D eigenvalue weighted by Gasteiger charge is 2.41. The molecule has 4 rings (SSSR count). The highest BCUT2D eigenvalue weighted by Crippen LogP contribution is 2.43. The first-order chi connectivity index (χ1) is 12.6. The minimum absolute atomic E-state index is 0.108. The zero-order chi connectivity index (χ0) is 18.1. The van der Waals surface area contributed by atoms with E-state index in [1.54, 1.807) is 12.1 Å². The van der Waals surface area contributed by atoms with Gasteiger partial charge in [0.1, 0.15) is 11.9 Å². The van der Waals surface area contributed by atoms with E-state index in [2.05, 4.69) is 10.6 Å². The van der Waals surface area contributed by atoms with Crippen LogP contribution < -0.4 is 10.6 Å². The van der Waals surface area contributed by atoms with Gasteiger partial charge in [-0.1, -0.05) is 12.1 Å². The van der Waals surface area contributed by atoms with Crippen molar-refractivity contribution >= 4 is 17.5 Å². The van der Waals surface area contributed by atoms with Crippen LogP contribution in [0.3, 0.4) is 0 Å². The topological polar surface area (TPSA) is 76.7 Å². The Morgan fingerprint density at radius 3 is 2.54 bits per heavy atom. The molecule has 2 N–H and O–H groups in total. The number of hydrogen-bond donors (Lipinski definition) is 2. The molecule has 0 bridgehead atoms. The van der Waals surface area contributed by atoms with Crippen LogP contribution in [0, 0.1) is 5.82 Å². The normalized spacial score (nSPS) is 26.1. The van der Waals surface area contributed by atoms with E-state index in [9.17, 15) is 9.59 Å². The number of imide groups is 1. The van der Waals surface area contributed by atoms with E-state index in [1.807, 2.05) is 6.07 Å². The third-order valence-electron chi connectivity index (χ3n) is 5.60. The number of nitrogens with one attached hydrogen (secondary N) is 2. The van der Waals surface area contributed by atoms with Gasteiger partial charge in [-0.25, -0.2) is 4.39 Å². The van der Waals surface area contributed by atoms with E-state index < -0.39 is 17.7 Å². The fourth-order valence-corrected chi connectivity index (χ4v) is 4.15. The SMILES string of the molecule is O=C1CC[C@@H](Nc2cccc(C3CCC4(CC3)OCCO4)c2F)C(=O)N1. The quantitative estimate of drug-likeness (QED) is 0.808. The predicted octanol–water partition coefficient (Wildman–Crippen LogP) is 2.44. The maximum atomic E-state index is 15.1. The molecule has 1 saturated carbocycles. The summed E-state index contributed by atoms with van der Waals surface area (Å²) in [6.07, 6.45) is 3.77. The second-order valence-corrected chi connectivity index (χ2v) is 7.24. The number of piperidine rings is 1. The van der Waals surface area contributed by atoms with Crippen LogP contribution in [0.5, 0.6) is 0 Å². The highest BCUT2D eigenvalue weighted by atomic mass is 19.1. The molecule has 2 amide bonds. The number of rotatable bonds is 3. The minimum Gasteiger partial charge on any atom is -0.371 e. The van der Waals surface area contributed by atoms with Gasteiger partial charge in [0.25, 0.3) is 0 Å². The molecule has 2 aliphatic heterocycles. The molecule has 2 heterocycles. The number of carbonyl (C=O) groups is 2. The summed E-state index contributed by atoms with van der Waals surface area (Å²) >= 11 is 0. The van der Waals surface area contributed by atoms with Crippen LogP contribution in [0.4, 0.5) is 10.1 Å². The molecule has 140 valence electrons. The summed E-state index contributed by atoms with van der Waals surface area (Å²) in [7, 11) is 0. The van der Waals surface area contributed by atoms with Crippen molar-refractivity contribution in [1.82, 2.24) is 5.32 Å². The Balaban J connectivity index is 1.46. The molecule has 1 aliphatic carbocycles. The van der Waals surface area contributed by atoms with Crippen molar-refractivity contribution in [1.29, 1.82) is 0 Å². The summed E-state index contributed by atoms with van der Waals surface area (Å²) in [6, 6.07) is 4.66. The van der Waals surface area contributed by atoms with Gasteiger partial charge in [0.2, 0.25) is 11.8 Å². The fourth-order valence-electron chi connectivity index (χ4n) is 4.15. The molecular weight excluding hydrogens is 339 g/mol. The van der Waals surface area contributed by atoms with Gasteiger partial charge in [-0.3, -0.25) is 14.9 Å². The average molecular weight is 362 g/mol. The van der Waals surface area contributed by atoms with E-state index in [1.165, 1.54) is 0 Å². The van der Waals surface area contributed by atoms with Crippen molar-refractivity contribution < 1.29 is 23.5 Å². The smallest absolute Gasteiger partial charge is 0.249 e. The molecule has 1 aromatic carbocycles. The maximum absolute atomic E-state index is 15.1. The second kappa shape index (κ2) is 6.96. The molecule has 7 heteroatoms. The average Bonchev–Trinajstić information content (AvgIpc) is 3.08. The van der Waals surface area contributed by atoms with Crippen LogP contribution in [-0.2, 0) is 19.1 Å². The van der Waals surface area contributed by atoms with Gasteiger partial charge in [0.15, 0.2) is 5.79 Å². The van der Waals surface area contributed by atoms with Crippen LogP contribution in [0.25, 0.3) is 0 Å². The lowest BCUT2D eigenvalue weighted by molar-refractivity contribution is -0.178. The lowest BCUT2D eigenvalue weighted by Crippen LogP contribution is -2.47. The zero-order valence-electron chi connectivity index (χ0n) is 14.6. The summed E-state index contributed by atoms with van der Waals surface area (Å²) in [5.41, 5.74) is 0.973. The molecule has 1 aromatic rings. The Bertz CT molecular complexity index is 707. The van der Waals surface area contributed by atoms with E-state index in [0.29, 0.717) is 30.9 Å². The number of anilines is 1. The van der Waals surface area contributed by atoms with Crippen molar-refractivity contribution in [2.24, 2.45) is 0 Å². The number of ether oxygens (including phenoxy) is 2. The fraction of sp³-hybridized carbons (Fsp3) is 0.579. The third-order valence-corrected chi connectivity index (χ3v) is 5.60. The zero-order valence-corrected chi connectivity index (χ0v) is 14.6. The number of carbonyl (C=O) groups excluding carboxylic acids is 2. The molecule has 3 fully saturated rings. The summed E-state index contributed by atoms with van der Waals surface area (Å²) in [5, 5.41) is 5.24. The minimum atomic E-state index is -0.590. The van der Waals surface area contributed by atoms with E-state index >= 15 is 4.39 Å². The van der Waals surface area contributed by atoms with Crippen molar-refractivity contribution in [2.75, 3.05) is 18.5 Å². The van der Waals surface area contributed by atoms with Crippen molar-refractivity contribution in [2.45, 2.75) is 56.3 Å². The number of benzene rings is 1. The Kier molecular flexibility index (Phi) is 4.67. The van der Waals surface area contributed by atoms with Crippen molar-refractivity contribution in [3.63, 3.8) is 0 Å². The first kappa shape index (κ1) is 17.4. The molecule has 0 aromatic heterocycles. The van der Waals surface area contributed by atoms with Gasteiger partial charge >= 0.3 is 0 Å². The van der Waals surface area contributed by atoms with E-state index in [-0.39, 0.29) is 24.1 Å². The first-order valence-electron chi connectivity index (χ1n) is 9.23. The van der Waals surface area contributed by atoms with Gasteiger partial charge in [0, 0.05) is 19.3 Å². The van der Waals surface area contributed by atoms with E-state index in [0.717, 1.165) is 25.7 Å². The van der Waals surface area contributed by atoms with E-state index in [4.69, 9.17) is 9.47 Å². The van der Waals surface area contributed by atoms with Crippen LogP contribution in [0.2, 0.25) is 0 Å². The van der Waals surface area contributed by atoms with Gasteiger partial charge in [0.05, 0.1) is 18.9 Å². The van der Waals surface area contributed by atoms with Crippen LogP contribution >= 0.6 is 0 Å². The summed E-state index contributed by atoms with van der Waals surface area (Å²) in [5.74, 6) is -1.35. The predicted molar refractivity (Wildman–Crippen MR) is 92.0 cm³/mol. The lowest BCUT2D eigenvalue weighted by Gasteiger charge is -2.35. The molecule has 0 radical (unpaired) electrons. The monoisotopic (exact) mass is 362 g/mol. The summed E-state index contributed by atoms with van der Waals surface area (Å²) in [4.78, 5) is 23.2. The second-order valence-electron chi connectivity index (χ2n) is 7.24. The molecule has 1 atom stereocenters. The standard InChI is InChI=1S/C19H23FN2O4/c20-17-13(12-6-8-19(9-7-12)25-10-11-26-19)2-1-3-14(17)21-15-4-5-16(23)22-18(15)24/h1-3,12,15,21H,4-11H2,(H,22,23,24)/t15-/m1/s1. The Hall–Kier alpha value is -1.99. The highest BCUT2D eigenvalue weighted by molar-refractivity contribution is 6.01. The number of halogens is 1. The van der Waals surface area contributed by atoms with Crippen molar-refractivity contribution in [3.05, 3.63) is 29.6 Å². The largest absolute Gasteiger partial charge is 0.371 e. The van der Waals surface area contributed by atoms with Crippen LogP contribution in [0.15, 0.2) is 18.2 Å². The molecule has 0 unspecified atom stereocenters. The van der Waals surface area contributed by atoms with Gasteiger partial charge < -0.3 is 14.8 Å². The van der Waals surface area contributed by atoms with Crippen molar-refractivity contribution in [3.8, 4) is 0 Å². The lowest BCUT2D eigenvalue weighted by atomic mass is 9.80. The Labute approximate surface area is 151 Å². The van der Waals surface area contributed by atoms with Gasteiger partial charge in [-0.2, -0.15) is 0 Å². The number of amides is 2. The Morgan fingerprint density at radius 1 is 1.12 bits per heavy atom. The molecule has 3 aliphatic rings.